The number of nitrogen functional groups attached to an aromatic ring is 1. The van der Waals surface area contributed by atoms with Crippen molar-refractivity contribution in [3.05, 3.63) is 66.5 Å². The van der Waals surface area contributed by atoms with Crippen LogP contribution in [0.4, 0.5) is 11.5 Å². The predicted octanol–water partition coefficient (Wildman–Crippen LogP) is 3.06. The molecule has 1 heterocycles. The van der Waals surface area contributed by atoms with Crippen LogP contribution in [-0.4, -0.2) is 33.4 Å². The molecule has 2 aromatic carbocycles. The Hall–Kier alpha value is -3.26. The summed E-state index contributed by atoms with van der Waals surface area (Å²) < 4.78 is 16.2. The van der Waals surface area contributed by atoms with Crippen molar-refractivity contribution in [2.75, 3.05) is 24.4 Å². The summed E-state index contributed by atoms with van der Waals surface area (Å²) in [7, 11) is -0.878. The molecule has 0 fully saturated rings. The van der Waals surface area contributed by atoms with Gasteiger partial charge in [-0.05, 0) is 24.3 Å². The number of rotatable bonds is 4. The molecular weight excluding hydrogens is 362 g/mol. The highest BCUT2D eigenvalue weighted by Gasteiger charge is 2.15. The standard InChI is InChI=1S/C19H19N5O2S/c1-21-27(2,26)15-10-8-13(9-11-15)16-12-22-18(20)17(24-16)19(25)23-14-6-4-3-5-7-14/h3-12H,1-2H3,(H2,20,22)(H,23,25). The van der Waals surface area contributed by atoms with Crippen LogP contribution in [0.15, 0.2) is 70.1 Å². The maximum Gasteiger partial charge on any atom is 0.278 e. The van der Waals surface area contributed by atoms with E-state index in [1.165, 1.54) is 13.2 Å². The third-order valence-corrected chi connectivity index (χ3v) is 5.83. The largest absolute Gasteiger partial charge is 0.382 e. The Morgan fingerprint density at radius 1 is 1.11 bits per heavy atom. The Morgan fingerprint density at radius 3 is 2.41 bits per heavy atom. The van der Waals surface area contributed by atoms with Gasteiger partial charge in [-0.15, -0.1) is 0 Å². The summed E-state index contributed by atoms with van der Waals surface area (Å²) in [6.07, 6.45) is 3.08. The molecule has 1 atom stereocenters. The fraction of sp³-hybridized carbons (Fsp3) is 0.105. The van der Waals surface area contributed by atoms with E-state index < -0.39 is 15.6 Å². The van der Waals surface area contributed by atoms with E-state index in [0.29, 0.717) is 16.3 Å². The molecule has 0 radical (unpaired) electrons. The maximum atomic E-state index is 12.5. The van der Waals surface area contributed by atoms with Crippen molar-refractivity contribution in [2.24, 2.45) is 4.36 Å². The number of nitrogens with zero attached hydrogens (tertiary/aromatic N) is 3. The maximum absolute atomic E-state index is 12.5. The van der Waals surface area contributed by atoms with Crippen molar-refractivity contribution in [3.63, 3.8) is 0 Å². The first-order chi connectivity index (χ1) is 12.9. The smallest absolute Gasteiger partial charge is 0.278 e. The second-order valence-corrected chi connectivity index (χ2v) is 8.26. The highest BCUT2D eigenvalue weighted by molar-refractivity contribution is 7.93. The first-order valence-electron chi connectivity index (χ1n) is 8.10. The molecule has 0 saturated carbocycles. The van der Waals surface area contributed by atoms with Gasteiger partial charge in [-0.3, -0.25) is 4.79 Å². The molecule has 0 aliphatic carbocycles. The van der Waals surface area contributed by atoms with Crippen LogP contribution < -0.4 is 11.1 Å². The zero-order chi connectivity index (χ0) is 19.4. The first-order valence-corrected chi connectivity index (χ1v) is 10.0. The second kappa shape index (κ2) is 7.55. The quantitative estimate of drug-likeness (QED) is 0.721. The topological polar surface area (TPSA) is 110 Å². The van der Waals surface area contributed by atoms with Gasteiger partial charge in [0.25, 0.3) is 5.91 Å². The Kier molecular flexibility index (Phi) is 5.18. The fourth-order valence-electron chi connectivity index (χ4n) is 2.40. The van der Waals surface area contributed by atoms with Crippen LogP contribution in [0.1, 0.15) is 10.5 Å². The molecular formula is C19H19N5O2S. The Balaban J connectivity index is 1.91. The highest BCUT2D eigenvalue weighted by Crippen LogP contribution is 2.22. The molecule has 3 rings (SSSR count). The van der Waals surface area contributed by atoms with Gasteiger partial charge in [0, 0.05) is 29.4 Å². The van der Waals surface area contributed by atoms with Crippen LogP contribution in [0.25, 0.3) is 11.3 Å². The van der Waals surface area contributed by atoms with E-state index in [0.717, 1.165) is 5.56 Å². The van der Waals surface area contributed by atoms with Gasteiger partial charge in [-0.2, -0.15) is 0 Å². The van der Waals surface area contributed by atoms with E-state index in [4.69, 9.17) is 5.73 Å². The van der Waals surface area contributed by atoms with Crippen LogP contribution in [-0.2, 0) is 9.73 Å². The SMILES string of the molecule is CN=S(C)(=O)c1ccc(-c2cnc(N)c(C(=O)Nc3ccccc3)n2)cc1. The molecule has 3 N–H and O–H groups in total. The van der Waals surface area contributed by atoms with Gasteiger partial charge in [0.2, 0.25) is 0 Å². The molecule has 0 aliphatic rings. The Bertz CT molecular complexity index is 1090. The minimum absolute atomic E-state index is 0.0447. The molecule has 1 amide bonds. The Labute approximate surface area is 157 Å². The lowest BCUT2D eigenvalue weighted by Gasteiger charge is -2.09. The zero-order valence-electron chi connectivity index (χ0n) is 14.9. The Morgan fingerprint density at radius 2 is 1.78 bits per heavy atom. The van der Waals surface area contributed by atoms with E-state index in [9.17, 15) is 9.00 Å². The molecule has 27 heavy (non-hydrogen) atoms. The van der Waals surface area contributed by atoms with Gasteiger partial charge < -0.3 is 11.1 Å². The summed E-state index contributed by atoms with van der Waals surface area (Å²) >= 11 is 0. The van der Waals surface area contributed by atoms with Gasteiger partial charge in [0.05, 0.1) is 21.6 Å². The lowest BCUT2D eigenvalue weighted by Crippen LogP contribution is -2.17. The highest BCUT2D eigenvalue weighted by atomic mass is 32.2. The predicted molar refractivity (Wildman–Crippen MR) is 107 cm³/mol. The summed E-state index contributed by atoms with van der Waals surface area (Å²) in [5, 5.41) is 2.74. The molecule has 0 bridgehead atoms. The summed E-state index contributed by atoms with van der Waals surface area (Å²) in [6, 6.07) is 16.0. The molecule has 0 saturated heterocycles. The van der Waals surface area contributed by atoms with Crippen LogP contribution >= 0.6 is 0 Å². The number of anilines is 2. The monoisotopic (exact) mass is 381 g/mol. The molecule has 0 aliphatic heterocycles. The minimum atomic E-state index is -2.41. The third-order valence-electron chi connectivity index (χ3n) is 3.98. The molecule has 7 nitrogen and oxygen atoms in total. The van der Waals surface area contributed by atoms with Crippen LogP contribution in [0.2, 0.25) is 0 Å². The number of carbonyl (C=O) groups excluding carboxylic acids is 1. The summed E-state index contributed by atoms with van der Waals surface area (Å²) in [5.74, 6) is -0.392. The summed E-state index contributed by atoms with van der Waals surface area (Å²) in [4.78, 5) is 21.6. The number of hydrogen-bond acceptors (Lipinski definition) is 6. The van der Waals surface area contributed by atoms with Crippen molar-refractivity contribution in [1.29, 1.82) is 0 Å². The number of hydrogen-bond donors (Lipinski definition) is 2. The van der Waals surface area contributed by atoms with E-state index in [1.54, 1.807) is 42.7 Å². The van der Waals surface area contributed by atoms with Gasteiger partial charge in [0.1, 0.15) is 0 Å². The van der Waals surface area contributed by atoms with E-state index in [-0.39, 0.29) is 11.5 Å². The number of carbonyl (C=O) groups is 1. The number of amides is 1. The van der Waals surface area contributed by atoms with Crippen molar-refractivity contribution in [3.8, 4) is 11.3 Å². The first kappa shape index (κ1) is 18.5. The van der Waals surface area contributed by atoms with Crippen molar-refractivity contribution in [1.82, 2.24) is 9.97 Å². The van der Waals surface area contributed by atoms with E-state index >= 15 is 0 Å². The fourth-order valence-corrected chi connectivity index (χ4v) is 3.25. The molecule has 0 spiro atoms. The van der Waals surface area contributed by atoms with Crippen LogP contribution in [0, 0.1) is 0 Å². The number of nitrogens with one attached hydrogen (secondary N) is 1. The second-order valence-electron chi connectivity index (χ2n) is 5.82. The van der Waals surface area contributed by atoms with Crippen LogP contribution in [0.5, 0.6) is 0 Å². The lowest BCUT2D eigenvalue weighted by molar-refractivity contribution is 0.102. The molecule has 8 heteroatoms. The van der Waals surface area contributed by atoms with Crippen molar-refractivity contribution < 1.29 is 9.00 Å². The zero-order valence-corrected chi connectivity index (χ0v) is 15.7. The average Bonchev–Trinajstić information content (AvgIpc) is 2.69. The summed E-state index contributed by atoms with van der Waals surface area (Å²) in [6.45, 7) is 0. The number of nitrogens with two attached hydrogens (primary N) is 1. The molecule has 138 valence electrons. The van der Waals surface area contributed by atoms with E-state index in [2.05, 4.69) is 19.6 Å². The normalized spacial score (nSPS) is 12.8. The van der Waals surface area contributed by atoms with Crippen LogP contribution in [0.3, 0.4) is 0 Å². The number of para-hydroxylation sites is 1. The van der Waals surface area contributed by atoms with Gasteiger partial charge in [-0.25, -0.2) is 18.5 Å². The lowest BCUT2D eigenvalue weighted by atomic mass is 10.1. The number of aromatic nitrogens is 2. The third kappa shape index (κ3) is 4.12. The molecule has 1 aromatic heterocycles. The average molecular weight is 381 g/mol. The minimum Gasteiger partial charge on any atom is -0.382 e. The van der Waals surface area contributed by atoms with Gasteiger partial charge >= 0.3 is 0 Å². The molecule has 3 aromatic rings. The molecule has 1 unspecified atom stereocenters. The van der Waals surface area contributed by atoms with Crippen molar-refractivity contribution in [2.45, 2.75) is 4.90 Å². The number of benzene rings is 2. The van der Waals surface area contributed by atoms with Gasteiger partial charge in [0.15, 0.2) is 11.5 Å². The summed E-state index contributed by atoms with van der Waals surface area (Å²) in [5.41, 5.74) is 7.74. The van der Waals surface area contributed by atoms with Gasteiger partial charge in [-0.1, -0.05) is 30.3 Å². The van der Waals surface area contributed by atoms with E-state index in [1.807, 2.05) is 18.2 Å². The van der Waals surface area contributed by atoms with Crippen molar-refractivity contribution >= 4 is 27.1 Å².